The predicted molar refractivity (Wildman–Crippen MR) is 99.7 cm³/mol. The molecule has 0 saturated heterocycles. The molecule has 0 aliphatic heterocycles. The second-order valence-electron chi connectivity index (χ2n) is 5.63. The van der Waals surface area contributed by atoms with Gasteiger partial charge in [0.2, 0.25) is 0 Å². The summed E-state index contributed by atoms with van der Waals surface area (Å²) in [7, 11) is 0. The van der Waals surface area contributed by atoms with E-state index in [9.17, 15) is 18.7 Å². The molecule has 1 aromatic heterocycles. The standard InChI is InChI=1S/C18H13Cl2F2N3O2/c19-11-3-1-10(2-4-11)16(26)9-23-14-8-24-25(18(27)17(14)20)15-6-5-12(21)7-13(15)22/h1-8,16,23,26H,9H2. The Kier molecular flexibility index (Phi) is 5.74. The highest BCUT2D eigenvalue weighted by molar-refractivity contribution is 6.33. The van der Waals surface area contributed by atoms with E-state index in [1.165, 1.54) is 6.20 Å². The van der Waals surface area contributed by atoms with Crippen LogP contribution in [0.3, 0.4) is 0 Å². The fourth-order valence-corrected chi connectivity index (χ4v) is 2.71. The van der Waals surface area contributed by atoms with Gasteiger partial charge in [-0.15, -0.1) is 0 Å². The van der Waals surface area contributed by atoms with Crippen molar-refractivity contribution < 1.29 is 13.9 Å². The predicted octanol–water partition coefficient (Wildman–Crippen LogP) is 3.96. The Balaban J connectivity index is 1.81. The van der Waals surface area contributed by atoms with Crippen LogP contribution in [0.4, 0.5) is 14.5 Å². The number of hydrogen-bond donors (Lipinski definition) is 2. The molecule has 140 valence electrons. The molecule has 0 radical (unpaired) electrons. The van der Waals surface area contributed by atoms with Crippen LogP contribution in [-0.2, 0) is 0 Å². The van der Waals surface area contributed by atoms with Gasteiger partial charge in [-0.25, -0.2) is 8.78 Å². The Morgan fingerprint density at radius 3 is 2.52 bits per heavy atom. The van der Waals surface area contributed by atoms with Gasteiger partial charge in [-0.1, -0.05) is 35.3 Å². The number of halogens is 4. The zero-order valence-electron chi connectivity index (χ0n) is 13.7. The van der Waals surface area contributed by atoms with Crippen LogP contribution in [-0.4, -0.2) is 21.4 Å². The van der Waals surface area contributed by atoms with Crippen molar-refractivity contribution >= 4 is 28.9 Å². The van der Waals surface area contributed by atoms with Crippen LogP contribution in [0, 0.1) is 11.6 Å². The maximum absolute atomic E-state index is 13.9. The van der Waals surface area contributed by atoms with Gasteiger partial charge in [-0.2, -0.15) is 9.78 Å². The van der Waals surface area contributed by atoms with Crippen LogP contribution in [0.15, 0.2) is 53.5 Å². The van der Waals surface area contributed by atoms with Crippen molar-refractivity contribution in [2.45, 2.75) is 6.10 Å². The highest BCUT2D eigenvalue weighted by Gasteiger charge is 2.15. The molecule has 0 saturated carbocycles. The first-order valence-corrected chi connectivity index (χ1v) is 8.53. The number of anilines is 1. The average molecular weight is 412 g/mol. The number of hydrogen-bond acceptors (Lipinski definition) is 4. The smallest absolute Gasteiger partial charge is 0.292 e. The SMILES string of the molecule is O=c1c(Cl)c(NCC(O)c2ccc(Cl)cc2)cnn1-c1ccc(F)cc1F. The molecule has 0 spiro atoms. The van der Waals surface area contributed by atoms with Crippen LogP contribution in [0.2, 0.25) is 10.0 Å². The van der Waals surface area contributed by atoms with Gasteiger partial charge in [-0.05, 0) is 29.8 Å². The van der Waals surface area contributed by atoms with Gasteiger partial charge in [0.1, 0.15) is 16.5 Å². The summed E-state index contributed by atoms with van der Waals surface area (Å²) >= 11 is 11.9. The fourth-order valence-electron chi connectivity index (χ4n) is 2.39. The van der Waals surface area contributed by atoms with Gasteiger partial charge in [0.05, 0.1) is 18.0 Å². The number of nitrogens with one attached hydrogen (secondary N) is 1. The molecule has 2 aromatic carbocycles. The molecule has 0 amide bonds. The monoisotopic (exact) mass is 411 g/mol. The van der Waals surface area contributed by atoms with Gasteiger partial charge < -0.3 is 10.4 Å². The summed E-state index contributed by atoms with van der Waals surface area (Å²) in [6, 6.07) is 9.38. The van der Waals surface area contributed by atoms with Crippen LogP contribution in [0.5, 0.6) is 0 Å². The van der Waals surface area contributed by atoms with E-state index < -0.39 is 23.3 Å². The van der Waals surface area contributed by atoms with Crippen LogP contribution < -0.4 is 10.9 Å². The number of nitrogens with zero attached hydrogens (tertiary/aromatic N) is 2. The van der Waals surface area contributed by atoms with E-state index in [1.54, 1.807) is 24.3 Å². The van der Waals surface area contributed by atoms with Crippen molar-refractivity contribution in [2.75, 3.05) is 11.9 Å². The van der Waals surface area contributed by atoms with Gasteiger partial charge in [0.15, 0.2) is 5.82 Å². The van der Waals surface area contributed by atoms with Crippen LogP contribution in [0.1, 0.15) is 11.7 Å². The molecule has 9 heteroatoms. The minimum Gasteiger partial charge on any atom is -0.387 e. The van der Waals surface area contributed by atoms with Crippen molar-refractivity contribution in [3.8, 4) is 5.69 Å². The van der Waals surface area contributed by atoms with Gasteiger partial charge >= 0.3 is 0 Å². The summed E-state index contributed by atoms with van der Waals surface area (Å²) in [5.41, 5.74) is -0.213. The molecular formula is C18H13Cl2F2N3O2. The Bertz CT molecular complexity index is 1030. The highest BCUT2D eigenvalue weighted by Crippen LogP contribution is 2.21. The van der Waals surface area contributed by atoms with E-state index in [0.717, 1.165) is 16.8 Å². The van der Waals surface area contributed by atoms with Gasteiger partial charge in [0.25, 0.3) is 5.56 Å². The van der Waals surface area contributed by atoms with Gasteiger partial charge in [-0.3, -0.25) is 4.79 Å². The van der Waals surface area contributed by atoms with Gasteiger partial charge in [0, 0.05) is 17.6 Å². The third-order valence-electron chi connectivity index (χ3n) is 3.80. The van der Waals surface area contributed by atoms with Crippen molar-refractivity contribution in [2.24, 2.45) is 0 Å². The molecule has 1 heterocycles. The fraction of sp³-hybridized carbons (Fsp3) is 0.111. The first-order chi connectivity index (χ1) is 12.9. The molecule has 5 nitrogen and oxygen atoms in total. The molecule has 0 fully saturated rings. The summed E-state index contributed by atoms with van der Waals surface area (Å²) in [5, 5.41) is 17.2. The quantitative estimate of drug-likeness (QED) is 0.666. The van der Waals surface area contributed by atoms with Crippen LogP contribution >= 0.6 is 23.2 Å². The zero-order valence-corrected chi connectivity index (χ0v) is 15.2. The van der Waals surface area contributed by atoms with E-state index in [0.29, 0.717) is 16.7 Å². The number of aromatic nitrogens is 2. The lowest BCUT2D eigenvalue weighted by Crippen LogP contribution is -2.24. The molecule has 3 aromatic rings. The number of rotatable bonds is 5. The third kappa shape index (κ3) is 4.27. The molecule has 0 aliphatic carbocycles. The maximum Gasteiger partial charge on any atom is 0.292 e. The summed E-state index contributed by atoms with van der Waals surface area (Å²) in [6.07, 6.45) is 0.344. The van der Waals surface area contributed by atoms with Crippen molar-refractivity contribution in [1.29, 1.82) is 0 Å². The minimum absolute atomic E-state index is 0.0530. The summed E-state index contributed by atoms with van der Waals surface area (Å²) < 4.78 is 27.6. The second kappa shape index (κ2) is 8.04. The first kappa shape index (κ1) is 19.3. The van der Waals surface area contributed by atoms with E-state index in [-0.39, 0.29) is 22.9 Å². The first-order valence-electron chi connectivity index (χ1n) is 7.77. The highest BCUT2D eigenvalue weighted by atomic mass is 35.5. The lowest BCUT2D eigenvalue weighted by molar-refractivity contribution is 0.191. The number of benzene rings is 2. The Hall–Kier alpha value is -2.48. The Morgan fingerprint density at radius 2 is 1.85 bits per heavy atom. The molecule has 3 rings (SSSR count). The van der Waals surface area contributed by atoms with E-state index in [2.05, 4.69) is 10.4 Å². The van der Waals surface area contributed by atoms with E-state index >= 15 is 0 Å². The normalized spacial score (nSPS) is 12.0. The molecular weight excluding hydrogens is 399 g/mol. The summed E-state index contributed by atoms with van der Waals surface area (Å²) in [6.45, 7) is 0.0530. The zero-order chi connectivity index (χ0) is 19.6. The van der Waals surface area contributed by atoms with Crippen molar-refractivity contribution in [1.82, 2.24) is 9.78 Å². The molecule has 2 N–H and O–H groups in total. The average Bonchev–Trinajstić information content (AvgIpc) is 2.64. The Labute approximate surface area is 162 Å². The van der Waals surface area contributed by atoms with E-state index in [4.69, 9.17) is 23.2 Å². The Morgan fingerprint density at radius 1 is 1.15 bits per heavy atom. The second-order valence-corrected chi connectivity index (χ2v) is 6.45. The lowest BCUT2D eigenvalue weighted by Gasteiger charge is -2.14. The van der Waals surface area contributed by atoms with E-state index in [1.807, 2.05) is 0 Å². The topological polar surface area (TPSA) is 67.2 Å². The molecule has 27 heavy (non-hydrogen) atoms. The summed E-state index contributed by atoms with van der Waals surface area (Å²) in [5.74, 6) is -1.72. The molecule has 0 bridgehead atoms. The van der Waals surface area contributed by atoms with Crippen LogP contribution in [0.25, 0.3) is 5.69 Å². The lowest BCUT2D eigenvalue weighted by atomic mass is 10.1. The molecule has 0 aliphatic rings. The van der Waals surface area contributed by atoms with Crippen molar-refractivity contribution in [3.63, 3.8) is 0 Å². The molecule has 1 atom stereocenters. The largest absolute Gasteiger partial charge is 0.387 e. The van der Waals surface area contributed by atoms with Crippen molar-refractivity contribution in [3.05, 3.63) is 86.3 Å². The molecule has 1 unspecified atom stereocenters. The number of aliphatic hydroxyl groups is 1. The third-order valence-corrected chi connectivity index (χ3v) is 4.41. The minimum atomic E-state index is -0.945. The maximum atomic E-state index is 13.9. The number of aliphatic hydroxyl groups excluding tert-OH is 1. The summed E-state index contributed by atoms with van der Waals surface area (Å²) in [4.78, 5) is 12.4.